The maximum atomic E-state index is 5.69. The van der Waals surface area contributed by atoms with E-state index in [1.165, 1.54) is 0 Å². The normalized spacial score (nSPS) is 12.1. The minimum Gasteiger partial charge on any atom is -0.496 e. The molecule has 0 aliphatic carbocycles. The minimum atomic E-state index is -0.417. The molecule has 0 radical (unpaired) electrons. The van der Waals surface area contributed by atoms with E-state index in [4.69, 9.17) is 19.9 Å². The summed E-state index contributed by atoms with van der Waals surface area (Å²) in [6, 6.07) is 3.49. The zero-order valence-corrected chi connectivity index (χ0v) is 9.88. The number of hydrogen-bond donors (Lipinski definition) is 2. The van der Waals surface area contributed by atoms with Gasteiger partial charge in [0.15, 0.2) is 11.5 Å². The van der Waals surface area contributed by atoms with Gasteiger partial charge in [-0.1, -0.05) is 0 Å². The zero-order chi connectivity index (χ0) is 11.4. The average Bonchev–Trinajstić information content (AvgIpc) is 2.26. The van der Waals surface area contributed by atoms with Crippen molar-refractivity contribution in [1.29, 1.82) is 0 Å². The number of benzene rings is 1. The molecule has 0 saturated heterocycles. The van der Waals surface area contributed by atoms with E-state index >= 15 is 0 Å². The van der Waals surface area contributed by atoms with E-state index in [1.54, 1.807) is 33.5 Å². The van der Waals surface area contributed by atoms with Gasteiger partial charge in [0, 0.05) is 11.6 Å². The predicted octanol–water partition coefficient (Wildman–Crippen LogP) is 1.60. The van der Waals surface area contributed by atoms with Gasteiger partial charge < -0.3 is 19.9 Å². The fourth-order valence-electron chi connectivity index (χ4n) is 1.28. The van der Waals surface area contributed by atoms with Crippen LogP contribution in [-0.4, -0.2) is 21.3 Å². The Morgan fingerprint density at radius 2 is 1.47 bits per heavy atom. The third-order valence-corrected chi connectivity index (χ3v) is 2.33. The molecule has 0 aliphatic heterocycles. The van der Waals surface area contributed by atoms with Crippen LogP contribution in [-0.2, 0) is 0 Å². The van der Waals surface area contributed by atoms with E-state index in [9.17, 15) is 0 Å². The van der Waals surface area contributed by atoms with Gasteiger partial charge in [-0.3, -0.25) is 0 Å². The topological polar surface area (TPSA) is 53.7 Å². The van der Waals surface area contributed by atoms with E-state index in [1.807, 2.05) is 0 Å². The molecule has 1 aromatic carbocycles. The third kappa shape index (κ3) is 2.49. The van der Waals surface area contributed by atoms with Crippen LogP contribution in [0.25, 0.3) is 0 Å². The summed E-state index contributed by atoms with van der Waals surface area (Å²) in [6.07, 6.45) is 0. The van der Waals surface area contributed by atoms with Gasteiger partial charge in [-0.15, -0.1) is 0 Å². The number of nitrogens with two attached hydrogens (primary N) is 1. The molecule has 0 heterocycles. The summed E-state index contributed by atoms with van der Waals surface area (Å²) in [5, 5.41) is -0.417. The standard InChI is InChI=1S/C10H15NO3S/c1-12-7-5-9(14-3)8(13-2)4-6(7)10(11)15/h4-5,10,15H,11H2,1-3H3. The molecular weight excluding hydrogens is 214 g/mol. The summed E-state index contributed by atoms with van der Waals surface area (Å²) in [5.74, 6) is 1.85. The largest absolute Gasteiger partial charge is 0.496 e. The van der Waals surface area contributed by atoms with E-state index in [0.29, 0.717) is 17.2 Å². The van der Waals surface area contributed by atoms with Gasteiger partial charge >= 0.3 is 0 Å². The minimum absolute atomic E-state index is 0.417. The number of ether oxygens (including phenoxy) is 3. The van der Waals surface area contributed by atoms with Gasteiger partial charge in [-0.2, -0.15) is 12.6 Å². The number of thiol groups is 1. The predicted molar refractivity (Wildman–Crippen MR) is 62.0 cm³/mol. The fraction of sp³-hybridized carbons (Fsp3) is 0.400. The van der Waals surface area contributed by atoms with Crippen LogP contribution in [0.2, 0.25) is 0 Å². The van der Waals surface area contributed by atoms with Gasteiger partial charge in [0.25, 0.3) is 0 Å². The molecule has 0 spiro atoms. The van der Waals surface area contributed by atoms with Crippen molar-refractivity contribution in [3.63, 3.8) is 0 Å². The second kappa shape index (κ2) is 5.14. The highest BCUT2D eigenvalue weighted by Gasteiger charge is 2.14. The Hall–Kier alpha value is -1.07. The number of hydrogen-bond acceptors (Lipinski definition) is 5. The van der Waals surface area contributed by atoms with Gasteiger partial charge in [0.1, 0.15) is 5.75 Å². The summed E-state index contributed by atoms with van der Waals surface area (Å²) >= 11 is 4.16. The maximum absolute atomic E-state index is 5.69. The lowest BCUT2D eigenvalue weighted by Crippen LogP contribution is -2.05. The van der Waals surface area contributed by atoms with Gasteiger partial charge in [-0.25, -0.2) is 0 Å². The first-order chi connectivity index (χ1) is 7.13. The first kappa shape index (κ1) is 12.0. The molecule has 15 heavy (non-hydrogen) atoms. The Morgan fingerprint density at radius 3 is 1.87 bits per heavy atom. The molecule has 0 amide bonds. The molecule has 0 bridgehead atoms. The Bertz CT molecular complexity index is 342. The van der Waals surface area contributed by atoms with Crippen LogP contribution in [0, 0.1) is 0 Å². The Morgan fingerprint density at radius 1 is 1.00 bits per heavy atom. The lowest BCUT2D eigenvalue weighted by Gasteiger charge is -2.15. The first-order valence-electron chi connectivity index (χ1n) is 4.37. The third-order valence-electron chi connectivity index (χ3n) is 2.05. The van der Waals surface area contributed by atoms with E-state index in [0.717, 1.165) is 5.56 Å². The zero-order valence-electron chi connectivity index (χ0n) is 8.98. The van der Waals surface area contributed by atoms with Crippen molar-refractivity contribution in [1.82, 2.24) is 0 Å². The smallest absolute Gasteiger partial charge is 0.164 e. The fourth-order valence-corrected chi connectivity index (χ4v) is 1.49. The Labute approximate surface area is 94.7 Å². The molecule has 2 N–H and O–H groups in total. The molecule has 0 saturated carbocycles. The lowest BCUT2D eigenvalue weighted by atomic mass is 10.1. The second-order valence-electron chi connectivity index (χ2n) is 2.89. The summed E-state index contributed by atoms with van der Waals surface area (Å²) in [6.45, 7) is 0. The summed E-state index contributed by atoms with van der Waals surface area (Å²) in [5.41, 5.74) is 6.46. The van der Waals surface area contributed by atoms with Crippen molar-refractivity contribution in [2.75, 3.05) is 21.3 Å². The Kier molecular flexibility index (Phi) is 4.11. The molecule has 0 aliphatic rings. The van der Waals surface area contributed by atoms with Crippen molar-refractivity contribution in [2.45, 2.75) is 5.37 Å². The summed E-state index contributed by atoms with van der Waals surface area (Å²) < 4.78 is 15.5. The van der Waals surface area contributed by atoms with Crippen LogP contribution in [0.1, 0.15) is 10.9 Å². The van der Waals surface area contributed by atoms with Crippen molar-refractivity contribution in [3.8, 4) is 17.2 Å². The second-order valence-corrected chi connectivity index (χ2v) is 3.45. The highest BCUT2D eigenvalue weighted by Crippen LogP contribution is 2.37. The van der Waals surface area contributed by atoms with Crippen LogP contribution in [0.3, 0.4) is 0 Å². The van der Waals surface area contributed by atoms with Gasteiger partial charge in [-0.05, 0) is 6.07 Å². The number of rotatable bonds is 4. The van der Waals surface area contributed by atoms with Crippen LogP contribution in [0.15, 0.2) is 12.1 Å². The molecule has 1 unspecified atom stereocenters. The monoisotopic (exact) mass is 229 g/mol. The molecule has 0 aromatic heterocycles. The van der Waals surface area contributed by atoms with Crippen LogP contribution >= 0.6 is 12.6 Å². The maximum Gasteiger partial charge on any atom is 0.164 e. The summed E-state index contributed by atoms with van der Waals surface area (Å²) in [7, 11) is 4.71. The van der Waals surface area contributed by atoms with E-state index in [2.05, 4.69) is 12.6 Å². The average molecular weight is 229 g/mol. The summed E-state index contributed by atoms with van der Waals surface area (Å²) in [4.78, 5) is 0. The molecule has 84 valence electrons. The Balaban J connectivity index is 3.27. The van der Waals surface area contributed by atoms with Gasteiger partial charge in [0.2, 0.25) is 0 Å². The highest BCUT2D eigenvalue weighted by atomic mass is 32.1. The highest BCUT2D eigenvalue weighted by molar-refractivity contribution is 7.80. The SMILES string of the molecule is COc1cc(OC)c(C(N)S)cc1OC. The van der Waals surface area contributed by atoms with Crippen molar-refractivity contribution < 1.29 is 14.2 Å². The number of methoxy groups -OCH3 is 3. The van der Waals surface area contributed by atoms with Crippen molar-refractivity contribution in [2.24, 2.45) is 5.73 Å². The van der Waals surface area contributed by atoms with E-state index in [-0.39, 0.29) is 0 Å². The van der Waals surface area contributed by atoms with Crippen LogP contribution in [0.4, 0.5) is 0 Å². The van der Waals surface area contributed by atoms with Crippen LogP contribution < -0.4 is 19.9 Å². The molecule has 1 aromatic rings. The van der Waals surface area contributed by atoms with Crippen molar-refractivity contribution in [3.05, 3.63) is 17.7 Å². The first-order valence-corrected chi connectivity index (χ1v) is 4.89. The molecule has 1 atom stereocenters. The lowest BCUT2D eigenvalue weighted by molar-refractivity contribution is 0.347. The molecular formula is C10H15NO3S. The van der Waals surface area contributed by atoms with E-state index < -0.39 is 5.37 Å². The molecule has 0 fully saturated rings. The molecule has 1 rings (SSSR count). The molecule has 5 heteroatoms. The quantitative estimate of drug-likeness (QED) is 0.608. The van der Waals surface area contributed by atoms with Gasteiger partial charge in [0.05, 0.1) is 26.7 Å². The molecule has 4 nitrogen and oxygen atoms in total. The van der Waals surface area contributed by atoms with Crippen LogP contribution in [0.5, 0.6) is 17.2 Å². The van der Waals surface area contributed by atoms with Crippen molar-refractivity contribution >= 4 is 12.6 Å².